The van der Waals surface area contributed by atoms with Gasteiger partial charge in [0, 0.05) is 0 Å². The molecule has 0 amide bonds. The van der Waals surface area contributed by atoms with Crippen LogP contribution in [0.1, 0.15) is 18.1 Å². The van der Waals surface area contributed by atoms with Gasteiger partial charge in [-0.1, -0.05) is 19.1 Å². The Morgan fingerprint density at radius 2 is 2.00 bits per heavy atom. The van der Waals surface area contributed by atoms with Crippen LogP contribution in [0, 0.1) is 6.92 Å². The van der Waals surface area contributed by atoms with Crippen molar-refractivity contribution in [3.05, 3.63) is 29.3 Å². The van der Waals surface area contributed by atoms with E-state index in [1.165, 1.54) is 6.07 Å². The molecular formula is C9H13O3P. The fourth-order valence-electron chi connectivity index (χ4n) is 1.37. The molecular weight excluding hydrogens is 187 g/mol. The van der Waals surface area contributed by atoms with E-state index in [2.05, 4.69) is 0 Å². The van der Waals surface area contributed by atoms with Crippen LogP contribution < -0.4 is 5.30 Å². The van der Waals surface area contributed by atoms with Gasteiger partial charge in [0.1, 0.15) is 0 Å². The summed E-state index contributed by atoms with van der Waals surface area (Å²) >= 11 is 0. The first-order chi connectivity index (χ1) is 5.96. The molecule has 0 saturated heterocycles. The molecule has 1 aromatic rings. The van der Waals surface area contributed by atoms with Gasteiger partial charge in [-0.2, -0.15) is 0 Å². The lowest BCUT2D eigenvalue weighted by Gasteiger charge is -2.10. The van der Waals surface area contributed by atoms with Gasteiger partial charge in [-0.15, -0.1) is 0 Å². The molecule has 0 aromatic heterocycles. The molecule has 2 N–H and O–H groups in total. The van der Waals surface area contributed by atoms with Crippen LogP contribution in [0.2, 0.25) is 0 Å². The molecule has 0 spiro atoms. The Morgan fingerprint density at radius 1 is 1.38 bits per heavy atom. The molecule has 0 saturated carbocycles. The summed E-state index contributed by atoms with van der Waals surface area (Å²) in [6.07, 6.45) is 0.791. The average Bonchev–Trinajstić information content (AvgIpc) is 2.02. The van der Waals surface area contributed by atoms with E-state index in [0.29, 0.717) is 5.56 Å². The van der Waals surface area contributed by atoms with Crippen LogP contribution in [0.15, 0.2) is 18.2 Å². The Balaban J connectivity index is 3.32. The van der Waals surface area contributed by atoms with Crippen LogP contribution in [-0.4, -0.2) is 9.79 Å². The molecule has 0 radical (unpaired) electrons. The van der Waals surface area contributed by atoms with Gasteiger partial charge in [-0.3, -0.25) is 4.57 Å². The average molecular weight is 200 g/mol. The van der Waals surface area contributed by atoms with E-state index in [0.717, 1.165) is 12.0 Å². The van der Waals surface area contributed by atoms with Crippen molar-refractivity contribution in [2.75, 3.05) is 0 Å². The van der Waals surface area contributed by atoms with Gasteiger partial charge in [-0.05, 0) is 30.5 Å². The summed E-state index contributed by atoms with van der Waals surface area (Å²) in [5, 5.41) is 0.145. The third-order valence-corrected chi connectivity index (χ3v) is 3.22. The largest absolute Gasteiger partial charge is 0.356 e. The fourth-order valence-corrected chi connectivity index (χ4v) is 2.23. The standard InChI is InChI=1S/C9H13O3P/c1-3-8-5-4-6-9(7(8)2)13(10,11)12/h4-6H,3H2,1-2H3,(H2,10,11,12). The Bertz CT molecular complexity index is 354. The van der Waals surface area contributed by atoms with Crippen molar-refractivity contribution in [3.63, 3.8) is 0 Å². The van der Waals surface area contributed by atoms with Crippen molar-refractivity contribution in [2.45, 2.75) is 20.3 Å². The minimum Gasteiger partial charge on any atom is -0.321 e. The van der Waals surface area contributed by atoms with E-state index in [-0.39, 0.29) is 5.30 Å². The summed E-state index contributed by atoms with van der Waals surface area (Å²) < 4.78 is 11.0. The lowest BCUT2D eigenvalue weighted by molar-refractivity contribution is 0.387. The molecule has 3 nitrogen and oxygen atoms in total. The van der Waals surface area contributed by atoms with Gasteiger partial charge in [-0.25, -0.2) is 0 Å². The Labute approximate surface area is 77.6 Å². The third-order valence-electron chi connectivity index (χ3n) is 2.11. The fraction of sp³-hybridized carbons (Fsp3) is 0.333. The number of aryl methyl sites for hydroxylation is 1. The number of benzene rings is 1. The highest BCUT2D eigenvalue weighted by Gasteiger charge is 2.20. The van der Waals surface area contributed by atoms with E-state index < -0.39 is 7.60 Å². The van der Waals surface area contributed by atoms with Gasteiger partial charge in [0.2, 0.25) is 0 Å². The lowest BCUT2D eigenvalue weighted by Crippen LogP contribution is -2.10. The summed E-state index contributed by atoms with van der Waals surface area (Å²) in [6.45, 7) is 3.71. The van der Waals surface area contributed by atoms with Gasteiger partial charge in [0.05, 0.1) is 5.30 Å². The van der Waals surface area contributed by atoms with Crippen molar-refractivity contribution in [1.82, 2.24) is 0 Å². The molecule has 1 aromatic carbocycles. The zero-order chi connectivity index (χ0) is 10.1. The second-order valence-corrected chi connectivity index (χ2v) is 4.53. The summed E-state index contributed by atoms with van der Waals surface area (Å²) in [6, 6.07) is 5.05. The molecule has 0 atom stereocenters. The first-order valence-electron chi connectivity index (χ1n) is 4.11. The highest BCUT2D eigenvalue weighted by atomic mass is 31.2. The van der Waals surface area contributed by atoms with Crippen molar-refractivity contribution < 1.29 is 14.4 Å². The van der Waals surface area contributed by atoms with Crippen LogP contribution in [-0.2, 0) is 11.0 Å². The zero-order valence-electron chi connectivity index (χ0n) is 7.69. The third kappa shape index (κ3) is 2.19. The summed E-state index contributed by atoms with van der Waals surface area (Å²) in [5.41, 5.74) is 1.69. The number of rotatable bonds is 2. The van der Waals surface area contributed by atoms with Crippen LogP contribution in [0.3, 0.4) is 0 Å². The molecule has 0 fully saturated rings. The number of hydrogen-bond acceptors (Lipinski definition) is 1. The minimum absolute atomic E-state index is 0.145. The molecule has 0 aliphatic heterocycles. The maximum atomic E-state index is 11.0. The lowest BCUT2D eigenvalue weighted by atomic mass is 10.1. The van der Waals surface area contributed by atoms with Crippen LogP contribution in [0.4, 0.5) is 0 Å². The summed E-state index contributed by atoms with van der Waals surface area (Å²) in [5.74, 6) is 0. The maximum absolute atomic E-state index is 11.0. The summed E-state index contributed by atoms with van der Waals surface area (Å²) in [7, 11) is -4.10. The first kappa shape index (κ1) is 10.5. The van der Waals surface area contributed by atoms with Crippen molar-refractivity contribution >= 4 is 12.9 Å². The van der Waals surface area contributed by atoms with E-state index >= 15 is 0 Å². The smallest absolute Gasteiger partial charge is 0.321 e. The second kappa shape index (κ2) is 3.62. The minimum atomic E-state index is -4.10. The molecule has 0 aliphatic rings. The van der Waals surface area contributed by atoms with Gasteiger partial charge < -0.3 is 9.79 Å². The summed E-state index contributed by atoms with van der Waals surface area (Å²) in [4.78, 5) is 18.0. The van der Waals surface area contributed by atoms with Crippen LogP contribution in [0.25, 0.3) is 0 Å². The van der Waals surface area contributed by atoms with Crippen molar-refractivity contribution in [2.24, 2.45) is 0 Å². The Morgan fingerprint density at radius 3 is 2.46 bits per heavy atom. The second-order valence-electron chi connectivity index (χ2n) is 2.96. The Kier molecular flexibility index (Phi) is 2.91. The molecule has 72 valence electrons. The normalized spacial score (nSPS) is 11.7. The van der Waals surface area contributed by atoms with Crippen LogP contribution in [0.5, 0.6) is 0 Å². The van der Waals surface area contributed by atoms with Crippen molar-refractivity contribution in [3.8, 4) is 0 Å². The molecule has 13 heavy (non-hydrogen) atoms. The van der Waals surface area contributed by atoms with Gasteiger partial charge in [0.15, 0.2) is 0 Å². The SMILES string of the molecule is CCc1cccc(P(=O)(O)O)c1C. The highest BCUT2D eigenvalue weighted by Crippen LogP contribution is 2.35. The van der Waals surface area contributed by atoms with Gasteiger partial charge in [0.25, 0.3) is 0 Å². The quantitative estimate of drug-likeness (QED) is 0.708. The highest BCUT2D eigenvalue weighted by molar-refractivity contribution is 7.60. The molecule has 4 heteroatoms. The van der Waals surface area contributed by atoms with E-state index in [4.69, 9.17) is 9.79 Å². The zero-order valence-corrected chi connectivity index (χ0v) is 8.58. The topological polar surface area (TPSA) is 57.5 Å². The number of hydrogen-bond donors (Lipinski definition) is 2. The van der Waals surface area contributed by atoms with Gasteiger partial charge >= 0.3 is 7.60 Å². The molecule has 0 heterocycles. The predicted molar refractivity (Wildman–Crippen MR) is 52.2 cm³/mol. The van der Waals surface area contributed by atoms with E-state index in [1.807, 2.05) is 13.0 Å². The molecule has 1 rings (SSSR count). The predicted octanol–water partition coefficient (Wildman–Crippen LogP) is 1.36. The molecule has 0 bridgehead atoms. The first-order valence-corrected chi connectivity index (χ1v) is 5.72. The van der Waals surface area contributed by atoms with Crippen molar-refractivity contribution in [1.29, 1.82) is 0 Å². The molecule has 0 aliphatic carbocycles. The monoisotopic (exact) mass is 200 g/mol. The molecule has 0 unspecified atom stereocenters. The van der Waals surface area contributed by atoms with Crippen LogP contribution >= 0.6 is 7.60 Å². The maximum Gasteiger partial charge on any atom is 0.356 e. The van der Waals surface area contributed by atoms with E-state index in [1.54, 1.807) is 13.0 Å². The van der Waals surface area contributed by atoms with E-state index in [9.17, 15) is 4.57 Å². The Hall–Kier alpha value is -0.630.